The molecule has 2 heterocycles. The first-order valence-corrected chi connectivity index (χ1v) is 7.20. The number of anilines is 1. The molecular weight excluding hydrogens is 236 g/mol. The second kappa shape index (κ2) is 5.21. The molecule has 0 aromatic carbocycles. The van der Waals surface area contributed by atoms with Crippen LogP contribution in [-0.4, -0.2) is 29.0 Å². The highest BCUT2D eigenvalue weighted by atomic mass is 15.2. The van der Waals surface area contributed by atoms with Crippen LogP contribution in [0.25, 0.3) is 5.65 Å². The van der Waals surface area contributed by atoms with E-state index in [2.05, 4.69) is 28.6 Å². The molecule has 3 rings (SSSR count). The topological polar surface area (TPSA) is 46.6 Å². The average Bonchev–Trinajstić information content (AvgIpc) is 3.06. The Morgan fingerprint density at radius 3 is 2.89 bits per heavy atom. The molecule has 1 saturated carbocycles. The SMILES string of the molecule is CN(c1nc2ccccn2c1CCN)C1CCCC1. The Kier molecular flexibility index (Phi) is 3.42. The molecule has 2 aromatic rings. The van der Waals surface area contributed by atoms with Crippen LogP contribution in [0.3, 0.4) is 0 Å². The van der Waals surface area contributed by atoms with Crippen LogP contribution in [0.4, 0.5) is 5.82 Å². The molecule has 0 aliphatic heterocycles. The minimum Gasteiger partial charge on any atom is -0.355 e. The van der Waals surface area contributed by atoms with Crippen LogP contribution < -0.4 is 10.6 Å². The zero-order chi connectivity index (χ0) is 13.2. The van der Waals surface area contributed by atoms with E-state index in [1.807, 2.05) is 12.1 Å². The second-order valence-electron chi connectivity index (χ2n) is 5.40. The van der Waals surface area contributed by atoms with E-state index in [1.54, 1.807) is 0 Å². The summed E-state index contributed by atoms with van der Waals surface area (Å²) in [7, 11) is 2.18. The van der Waals surface area contributed by atoms with E-state index in [0.29, 0.717) is 12.6 Å². The molecule has 4 heteroatoms. The molecule has 19 heavy (non-hydrogen) atoms. The molecule has 0 radical (unpaired) electrons. The summed E-state index contributed by atoms with van der Waals surface area (Å²) in [5.41, 5.74) is 8.04. The van der Waals surface area contributed by atoms with Gasteiger partial charge in [0.05, 0.1) is 5.69 Å². The zero-order valence-electron chi connectivity index (χ0n) is 11.5. The van der Waals surface area contributed by atoms with Crippen molar-refractivity contribution in [2.75, 3.05) is 18.5 Å². The van der Waals surface area contributed by atoms with Crippen molar-refractivity contribution in [2.45, 2.75) is 38.1 Å². The van der Waals surface area contributed by atoms with Gasteiger partial charge in [0.1, 0.15) is 5.65 Å². The van der Waals surface area contributed by atoms with Crippen LogP contribution in [0.1, 0.15) is 31.4 Å². The summed E-state index contributed by atoms with van der Waals surface area (Å²) >= 11 is 0. The molecule has 4 nitrogen and oxygen atoms in total. The van der Waals surface area contributed by atoms with Crippen molar-refractivity contribution in [3.63, 3.8) is 0 Å². The second-order valence-corrected chi connectivity index (χ2v) is 5.40. The Morgan fingerprint density at radius 2 is 2.16 bits per heavy atom. The monoisotopic (exact) mass is 258 g/mol. The van der Waals surface area contributed by atoms with Gasteiger partial charge in [-0.05, 0) is 31.5 Å². The Morgan fingerprint density at radius 1 is 1.37 bits per heavy atom. The molecule has 0 unspecified atom stereocenters. The highest BCUT2D eigenvalue weighted by Crippen LogP contribution is 2.29. The molecule has 102 valence electrons. The van der Waals surface area contributed by atoms with Crippen molar-refractivity contribution in [1.29, 1.82) is 0 Å². The summed E-state index contributed by atoms with van der Waals surface area (Å²) < 4.78 is 2.17. The van der Waals surface area contributed by atoms with Crippen molar-refractivity contribution < 1.29 is 0 Å². The Balaban J connectivity index is 2.03. The van der Waals surface area contributed by atoms with Gasteiger partial charge >= 0.3 is 0 Å². The summed E-state index contributed by atoms with van der Waals surface area (Å²) in [4.78, 5) is 7.18. The van der Waals surface area contributed by atoms with Gasteiger partial charge in [0.25, 0.3) is 0 Å². The lowest BCUT2D eigenvalue weighted by Gasteiger charge is -2.25. The predicted octanol–water partition coefficient (Wildman–Crippen LogP) is 2.21. The first-order chi connectivity index (χ1) is 9.31. The Bertz CT molecular complexity index is 554. The number of pyridine rings is 1. The smallest absolute Gasteiger partial charge is 0.151 e. The van der Waals surface area contributed by atoms with Gasteiger partial charge in [0, 0.05) is 25.7 Å². The fourth-order valence-corrected chi connectivity index (χ4v) is 3.15. The van der Waals surface area contributed by atoms with Crippen molar-refractivity contribution in [2.24, 2.45) is 5.73 Å². The van der Waals surface area contributed by atoms with Crippen LogP contribution in [0.2, 0.25) is 0 Å². The number of nitrogens with zero attached hydrogens (tertiary/aromatic N) is 3. The van der Waals surface area contributed by atoms with Crippen LogP contribution in [0, 0.1) is 0 Å². The summed E-state index contributed by atoms with van der Waals surface area (Å²) in [5.74, 6) is 1.11. The van der Waals surface area contributed by atoms with Gasteiger partial charge in [-0.15, -0.1) is 0 Å². The van der Waals surface area contributed by atoms with Crippen LogP contribution in [0.5, 0.6) is 0 Å². The van der Waals surface area contributed by atoms with Gasteiger partial charge in [-0.3, -0.25) is 0 Å². The van der Waals surface area contributed by atoms with Gasteiger partial charge in [0.2, 0.25) is 0 Å². The third-order valence-electron chi connectivity index (χ3n) is 4.20. The molecule has 1 aliphatic carbocycles. The minimum atomic E-state index is 0.640. The third-order valence-corrected chi connectivity index (χ3v) is 4.20. The van der Waals surface area contributed by atoms with Crippen molar-refractivity contribution >= 4 is 11.5 Å². The lowest BCUT2D eigenvalue weighted by Crippen LogP contribution is -2.30. The molecule has 0 saturated heterocycles. The van der Waals surface area contributed by atoms with Gasteiger partial charge in [-0.1, -0.05) is 18.9 Å². The largest absolute Gasteiger partial charge is 0.355 e. The minimum absolute atomic E-state index is 0.640. The van der Waals surface area contributed by atoms with Gasteiger partial charge in [-0.25, -0.2) is 4.98 Å². The summed E-state index contributed by atoms with van der Waals surface area (Å²) in [5, 5.41) is 0. The molecule has 0 bridgehead atoms. The Labute approximate surface area is 114 Å². The van der Waals surface area contributed by atoms with E-state index < -0.39 is 0 Å². The highest BCUT2D eigenvalue weighted by molar-refractivity contribution is 5.56. The van der Waals surface area contributed by atoms with Crippen LogP contribution in [-0.2, 0) is 6.42 Å². The summed E-state index contributed by atoms with van der Waals surface area (Å²) in [6, 6.07) is 6.79. The van der Waals surface area contributed by atoms with E-state index in [4.69, 9.17) is 10.7 Å². The maximum atomic E-state index is 5.77. The van der Waals surface area contributed by atoms with Gasteiger partial charge in [-0.2, -0.15) is 0 Å². The normalized spacial score (nSPS) is 16.3. The number of hydrogen-bond donors (Lipinski definition) is 1. The summed E-state index contributed by atoms with van der Waals surface area (Å²) in [6.45, 7) is 0.661. The lowest BCUT2D eigenvalue weighted by molar-refractivity contribution is 0.644. The molecule has 1 aliphatic rings. The number of nitrogens with two attached hydrogens (primary N) is 1. The van der Waals surface area contributed by atoms with Crippen LogP contribution in [0.15, 0.2) is 24.4 Å². The fourth-order valence-electron chi connectivity index (χ4n) is 3.15. The maximum absolute atomic E-state index is 5.77. The van der Waals surface area contributed by atoms with E-state index in [1.165, 1.54) is 31.4 Å². The Hall–Kier alpha value is -1.55. The number of rotatable bonds is 4. The van der Waals surface area contributed by atoms with E-state index >= 15 is 0 Å². The number of imidazole rings is 1. The molecule has 2 N–H and O–H groups in total. The molecule has 0 spiro atoms. The van der Waals surface area contributed by atoms with Crippen LogP contribution >= 0.6 is 0 Å². The maximum Gasteiger partial charge on any atom is 0.151 e. The lowest BCUT2D eigenvalue weighted by atomic mass is 10.2. The summed E-state index contributed by atoms with van der Waals surface area (Å²) in [6.07, 6.45) is 8.21. The van der Waals surface area contributed by atoms with E-state index in [0.717, 1.165) is 17.9 Å². The predicted molar refractivity (Wildman–Crippen MR) is 78.6 cm³/mol. The van der Waals surface area contributed by atoms with Crippen molar-refractivity contribution in [1.82, 2.24) is 9.38 Å². The van der Waals surface area contributed by atoms with Crippen molar-refractivity contribution in [3.8, 4) is 0 Å². The third kappa shape index (κ3) is 2.21. The quantitative estimate of drug-likeness (QED) is 0.914. The van der Waals surface area contributed by atoms with Gasteiger partial charge in [0.15, 0.2) is 5.82 Å². The molecular formula is C15H22N4. The standard InChI is InChI=1S/C15H22N4/c1-18(12-6-2-3-7-12)15-13(9-10-16)19-11-5-4-8-14(19)17-15/h4-5,8,11-12H,2-3,6-7,9-10,16H2,1H3. The van der Waals surface area contributed by atoms with E-state index in [-0.39, 0.29) is 0 Å². The first kappa shape index (κ1) is 12.5. The zero-order valence-corrected chi connectivity index (χ0v) is 11.5. The molecule has 0 atom stereocenters. The molecule has 0 amide bonds. The number of hydrogen-bond acceptors (Lipinski definition) is 3. The van der Waals surface area contributed by atoms with Crippen molar-refractivity contribution in [3.05, 3.63) is 30.1 Å². The average molecular weight is 258 g/mol. The van der Waals surface area contributed by atoms with E-state index in [9.17, 15) is 0 Å². The first-order valence-electron chi connectivity index (χ1n) is 7.20. The fraction of sp³-hybridized carbons (Fsp3) is 0.533. The number of fused-ring (bicyclic) bond motifs is 1. The highest BCUT2D eigenvalue weighted by Gasteiger charge is 2.24. The molecule has 1 fully saturated rings. The number of aromatic nitrogens is 2. The molecule has 2 aromatic heterocycles. The van der Waals surface area contributed by atoms with Gasteiger partial charge < -0.3 is 15.0 Å².